The first-order valence-corrected chi connectivity index (χ1v) is 17.6. The molecule has 4 aromatic rings. The maximum absolute atomic E-state index is 12.7. The van der Waals surface area contributed by atoms with Gasteiger partial charge in [-0.2, -0.15) is 0 Å². The van der Waals surface area contributed by atoms with Gasteiger partial charge in [0.15, 0.2) is 0 Å². The predicted octanol–water partition coefficient (Wildman–Crippen LogP) is 10.1. The molecule has 5 heteroatoms. The van der Waals surface area contributed by atoms with Crippen molar-refractivity contribution in [2.24, 2.45) is 0 Å². The minimum absolute atomic E-state index is 0.0150. The summed E-state index contributed by atoms with van der Waals surface area (Å²) in [4.78, 5) is 15.3. The van der Waals surface area contributed by atoms with Gasteiger partial charge in [0, 0.05) is 24.2 Å². The molecular weight excluding hydrogens is 566 g/mol. The van der Waals surface area contributed by atoms with Crippen LogP contribution in [0.2, 0.25) is 0 Å². The van der Waals surface area contributed by atoms with E-state index in [2.05, 4.69) is 85.8 Å². The van der Waals surface area contributed by atoms with E-state index in [9.17, 15) is 4.79 Å². The number of unbranched alkanes of at least 4 members (excludes halogenated alkanes) is 6. The number of rotatable bonds is 15. The lowest BCUT2D eigenvalue weighted by Gasteiger charge is -2.37. The van der Waals surface area contributed by atoms with Crippen molar-refractivity contribution >= 4 is 22.6 Å². The zero-order valence-electron chi connectivity index (χ0n) is 28.3. The molecule has 244 valence electrons. The molecule has 5 nitrogen and oxygen atoms in total. The summed E-state index contributed by atoms with van der Waals surface area (Å²) in [6.45, 7) is 6.77. The quantitative estimate of drug-likeness (QED) is 0.106. The molecule has 0 saturated carbocycles. The Labute approximate surface area is 277 Å². The van der Waals surface area contributed by atoms with Gasteiger partial charge in [-0.25, -0.2) is 4.79 Å². The van der Waals surface area contributed by atoms with Crippen LogP contribution in [0.5, 0.6) is 0 Å². The highest BCUT2D eigenvalue weighted by Crippen LogP contribution is 2.31. The number of nitrogens with zero attached hydrogens (tertiary/aromatic N) is 2. The van der Waals surface area contributed by atoms with Crippen molar-refractivity contribution in [1.29, 1.82) is 0 Å². The summed E-state index contributed by atoms with van der Waals surface area (Å²) >= 11 is 0. The van der Waals surface area contributed by atoms with Gasteiger partial charge in [-0.3, -0.25) is 5.32 Å². The first kappa shape index (κ1) is 33.7. The lowest BCUT2D eigenvalue weighted by atomic mass is 9.97. The Kier molecular flexibility index (Phi) is 12.3. The summed E-state index contributed by atoms with van der Waals surface area (Å²) in [6, 6.07) is 34.0. The highest BCUT2D eigenvalue weighted by atomic mass is 16.6. The number of benzene rings is 4. The van der Waals surface area contributed by atoms with Crippen LogP contribution in [0.25, 0.3) is 21.9 Å². The molecule has 1 amide bonds. The van der Waals surface area contributed by atoms with Crippen LogP contribution in [0.4, 0.5) is 10.5 Å². The van der Waals surface area contributed by atoms with Gasteiger partial charge in [0.1, 0.15) is 12.1 Å². The van der Waals surface area contributed by atoms with E-state index < -0.39 is 0 Å². The Hall–Kier alpha value is -3.67. The second-order valence-electron chi connectivity index (χ2n) is 13.7. The smallest absolute Gasteiger partial charge is 0.411 e. The van der Waals surface area contributed by atoms with Gasteiger partial charge in [0.25, 0.3) is 0 Å². The van der Waals surface area contributed by atoms with Crippen molar-refractivity contribution in [3.05, 3.63) is 103 Å². The van der Waals surface area contributed by atoms with Crippen molar-refractivity contribution < 1.29 is 14.0 Å². The number of nitrogens with one attached hydrogen (secondary N) is 1. The van der Waals surface area contributed by atoms with Gasteiger partial charge >= 0.3 is 6.09 Å². The van der Waals surface area contributed by atoms with Crippen molar-refractivity contribution in [3.8, 4) is 11.1 Å². The number of para-hydroxylation sites is 1. The number of likely N-dealkylation sites (tertiary alicyclic amines) is 1. The monoisotopic (exact) mass is 620 g/mol. The fourth-order valence-electron chi connectivity index (χ4n) is 6.93. The molecule has 0 radical (unpaired) electrons. The zero-order chi connectivity index (χ0) is 32.2. The van der Waals surface area contributed by atoms with Crippen LogP contribution in [0.3, 0.4) is 0 Å². The number of carbonyl (C=O) groups excluding carboxylic acids is 1. The minimum atomic E-state index is -0.358. The normalized spacial score (nSPS) is 15.1. The number of piperidine rings is 1. The lowest BCUT2D eigenvalue weighted by Crippen LogP contribution is -2.42. The molecule has 0 aromatic heterocycles. The van der Waals surface area contributed by atoms with E-state index in [0.29, 0.717) is 6.04 Å². The topological polar surface area (TPSA) is 41.6 Å². The van der Waals surface area contributed by atoms with Gasteiger partial charge < -0.3 is 14.1 Å². The van der Waals surface area contributed by atoms with E-state index in [-0.39, 0.29) is 12.2 Å². The number of amides is 1. The summed E-state index contributed by atoms with van der Waals surface area (Å²) in [6.07, 6.45) is 10.6. The van der Waals surface area contributed by atoms with Crippen molar-refractivity contribution in [3.63, 3.8) is 0 Å². The van der Waals surface area contributed by atoms with Gasteiger partial charge in [-0.05, 0) is 68.0 Å². The maximum Gasteiger partial charge on any atom is 0.411 e. The van der Waals surface area contributed by atoms with E-state index in [1.807, 2.05) is 42.5 Å². The molecule has 1 unspecified atom stereocenters. The Morgan fingerprint density at radius 2 is 1.41 bits per heavy atom. The second-order valence-corrected chi connectivity index (χ2v) is 13.7. The Morgan fingerprint density at radius 1 is 0.783 bits per heavy atom. The first-order valence-electron chi connectivity index (χ1n) is 17.6. The van der Waals surface area contributed by atoms with Gasteiger partial charge in [-0.15, -0.1) is 0 Å². The number of hydrogen-bond donors (Lipinski definition) is 1. The second kappa shape index (κ2) is 16.8. The molecule has 1 saturated heterocycles. The molecule has 0 bridgehead atoms. The van der Waals surface area contributed by atoms with E-state index in [0.717, 1.165) is 53.8 Å². The molecule has 1 N–H and O–H groups in total. The number of hydrogen-bond acceptors (Lipinski definition) is 3. The third kappa shape index (κ3) is 9.43. The van der Waals surface area contributed by atoms with Gasteiger partial charge in [-0.1, -0.05) is 117 Å². The molecule has 0 aliphatic carbocycles. The van der Waals surface area contributed by atoms with E-state index >= 15 is 0 Å². The average Bonchev–Trinajstić information content (AvgIpc) is 3.08. The highest BCUT2D eigenvalue weighted by Gasteiger charge is 2.26. The summed E-state index contributed by atoms with van der Waals surface area (Å²) in [7, 11) is 4.78. The molecule has 0 spiro atoms. The van der Waals surface area contributed by atoms with Gasteiger partial charge in [0.2, 0.25) is 0 Å². The van der Waals surface area contributed by atoms with Gasteiger partial charge in [0.05, 0.1) is 26.3 Å². The first-order chi connectivity index (χ1) is 22.4. The predicted molar refractivity (Wildman–Crippen MR) is 193 cm³/mol. The fraction of sp³-hybridized carbons (Fsp3) is 0.439. The van der Waals surface area contributed by atoms with Crippen LogP contribution in [0, 0.1) is 0 Å². The minimum Gasteiger partial charge on any atom is -0.446 e. The Balaban J connectivity index is 0.911. The number of fused-ring (bicyclic) bond motifs is 1. The van der Waals surface area contributed by atoms with Crippen LogP contribution in [-0.2, 0) is 4.74 Å². The molecule has 1 atom stereocenters. The number of quaternary nitrogens is 1. The summed E-state index contributed by atoms with van der Waals surface area (Å²) < 4.78 is 6.85. The van der Waals surface area contributed by atoms with Crippen LogP contribution in [0.1, 0.15) is 76.3 Å². The summed E-state index contributed by atoms with van der Waals surface area (Å²) in [5.41, 5.74) is 4.32. The largest absolute Gasteiger partial charge is 0.446 e. The van der Waals surface area contributed by atoms with Crippen molar-refractivity contribution in [2.75, 3.05) is 45.6 Å². The fourth-order valence-corrected chi connectivity index (χ4v) is 6.93. The number of carbonyl (C=O) groups is 1. The third-order valence-corrected chi connectivity index (χ3v) is 10.1. The van der Waals surface area contributed by atoms with Crippen LogP contribution >= 0.6 is 0 Å². The van der Waals surface area contributed by atoms with E-state index in [1.165, 1.54) is 67.8 Å². The van der Waals surface area contributed by atoms with Crippen LogP contribution < -0.4 is 5.32 Å². The average molecular weight is 621 g/mol. The molecule has 46 heavy (non-hydrogen) atoms. The summed E-state index contributed by atoms with van der Waals surface area (Å²) in [5, 5.41) is 5.72. The van der Waals surface area contributed by atoms with Crippen LogP contribution in [0.15, 0.2) is 97.1 Å². The van der Waals surface area contributed by atoms with E-state index in [1.54, 1.807) is 0 Å². The number of anilines is 1. The lowest BCUT2D eigenvalue weighted by molar-refractivity contribution is -0.919. The molecule has 1 fully saturated rings. The highest BCUT2D eigenvalue weighted by molar-refractivity contribution is 5.91. The molecule has 1 aliphatic rings. The maximum atomic E-state index is 12.7. The van der Waals surface area contributed by atoms with Crippen molar-refractivity contribution in [2.45, 2.75) is 76.9 Å². The Morgan fingerprint density at radius 3 is 2.20 bits per heavy atom. The van der Waals surface area contributed by atoms with E-state index in [4.69, 9.17) is 4.74 Å². The number of ether oxygens (including phenoxy) is 1. The standard InChI is InChI=1S/C41H53N3O2/c1-33(37-25-18-22-34-21-12-13-23-38(34)37)44(2,3)32-17-8-6-4-5-7-16-29-43-30-27-36(28-31-43)46-41(45)42-40-26-15-14-24-39(40)35-19-10-9-11-20-35/h9-15,18-26,33,36H,4-8,16-17,27-32H2,1-3H3/p+1. The third-order valence-electron chi connectivity index (χ3n) is 10.1. The molecule has 1 aliphatic heterocycles. The Bertz CT molecular complexity index is 1510. The molecular formula is C41H54N3O2+. The zero-order valence-corrected chi connectivity index (χ0v) is 28.3. The van der Waals surface area contributed by atoms with Crippen LogP contribution in [-0.4, -0.2) is 61.9 Å². The molecule has 5 rings (SSSR count). The summed E-state index contributed by atoms with van der Waals surface area (Å²) in [5.74, 6) is 0. The molecule has 1 heterocycles. The SMILES string of the molecule is CC(c1cccc2ccccc12)[N+](C)(C)CCCCCCCCCN1CCC(OC(=O)Nc2ccccc2-c2ccccc2)CC1. The molecule has 4 aromatic carbocycles. The van der Waals surface area contributed by atoms with Crippen molar-refractivity contribution in [1.82, 2.24) is 4.90 Å².